The topological polar surface area (TPSA) is 20.3 Å². The molecule has 1 amide bonds. The van der Waals surface area contributed by atoms with E-state index < -0.39 is 0 Å². The van der Waals surface area contributed by atoms with Crippen molar-refractivity contribution in [1.82, 2.24) is 4.90 Å². The van der Waals surface area contributed by atoms with Crippen molar-refractivity contribution in [3.05, 3.63) is 25.7 Å². The van der Waals surface area contributed by atoms with Gasteiger partial charge in [0.15, 0.2) is 0 Å². The van der Waals surface area contributed by atoms with Gasteiger partial charge in [-0.25, -0.2) is 0 Å². The number of likely N-dealkylation sites (N-methyl/N-ethyl adjacent to an activating group) is 1. The second-order valence-corrected chi connectivity index (χ2v) is 7.24. The van der Waals surface area contributed by atoms with E-state index in [1.165, 1.54) is 11.8 Å². The van der Waals surface area contributed by atoms with Crippen LogP contribution in [0.1, 0.15) is 11.8 Å². The largest absolute Gasteiger partial charge is 0.293 e. The van der Waals surface area contributed by atoms with Crippen molar-refractivity contribution in [1.29, 1.82) is 0 Å². The third kappa shape index (κ3) is 2.40. The molecule has 0 N–H and O–H groups in total. The number of nitrogens with zero attached hydrogens (tertiary/aromatic N) is 1. The van der Waals surface area contributed by atoms with E-state index in [9.17, 15) is 4.79 Å². The molecule has 0 radical (unpaired) electrons. The van der Waals surface area contributed by atoms with Gasteiger partial charge in [0, 0.05) is 11.4 Å². The van der Waals surface area contributed by atoms with Crippen molar-refractivity contribution in [2.24, 2.45) is 0 Å². The summed E-state index contributed by atoms with van der Waals surface area (Å²) < 4.78 is 1.71. The van der Waals surface area contributed by atoms with Crippen LogP contribution in [0.2, 0.25) is 0 Å². The number of thioether (sulfide) groups is 1. The SMILES string of the molecule is CCN1C(=O)C(=Cc2ccc(Br)s2)SC1=S. The summed E-state index contributed by atoms with van der Waals surface area (Å²) in [4.78, 5) is 15.3. The van der Waals surface area contributed by atoms with Crippen LogP contribution >= 0.6 is 51.2 Å². The zero-order chi connectivity index (χ0) is 11.7. The second kappa shape index (κ2) is 5.00. The summed E-state index contributed by atoms with van der Waals surface area (Å²) in [5.41, 5.74) is 0. The fourth-order valence-electron chi connectivity index (χ4n) is 1.31. The molecule has 1 aromatic rings. The molecule has 1 aliphatic heterocycles. The summed E-state index contributed by atoms with van der Waals surface area (Å²) in [6.45, 7) is 2.56. The maximum atomic E-state index is 11.9. The average Bonchev–Trinajstić information content (AvgIpc) is 2.74. The Hall–Kier alpha value is -0.170. The summed E-state index contributed by atoms with van der Waals surface area (Å²) >= 11 is 11.5. The van der Waals surface area contributed by atoms with Crippen LogP contribution in [0.25, 0.3) is 6.08 Å². The van der Waals surface area contributed by atoms with Crippen molar-refractivity contribution in [2.75, 3.05) is 6.54 Å². The van der Waals surface area contributed by atoms with Gasteiger partial charge in [-0.1, -0.05) is 24.0 Å². The maximum absolute atomic E-state index is 11.9. The molecule has 1 fully saturated rings. The smallest absolute Gasteiger partial charge is 0.266 e. The van der Waals surface area contributed by atoms with Crippen molar-refractivity contribution >= 4 is 67.6 Å². The Bertz CT molecular complexity index is 480. The van der Waals surface area contributed by atoms with Gasteiger partial charge in [0.2, 0.25) is 0 Å². The Kier molecular flexibility index (Phi) is 3.84. The molecular formula is C10H8BrNOS3. The van der Waals surface area contributed by atoms with Gasteiger partial charge in [-0.2, -0.15) is 0 Å². The van der Waals surface area contributed by atoms with Crippen molar-refractivity contribution < 1.29 is 4.79 Å². The third-order valence-electron chi connectivity index (χ3n) is 2.06. The lowest BCUT2D eigenvalue weighted by molar-refractivity contribution is -0.121. The van der Waals surface area contributed by atoms with E-state index in [1.54, 1.807) is 16.2 Å². The predicted molar refractivity (Wildman–Crippen MR) is 77.6 cm³/mol. The number of thiophene rings is 1. The van der Waals surface area contributed by atoms with Crippen molar-refractivity contribution in [2.45, 2.75) is 6.92 Å². The van der Waals surface area contributed by atoms with Crippen LogP contribution in [-0.2, 0) is 4.79 Å². The van der Waals surface area contributed by atoms with Gasteiger partial charge in [0.05, 0.1) is 8.69 Å². The van der Waals surface area contributed by atoms with E-state index in [1.807, 2.05) is 25.1 Å². The molecule has 0 saturated carbocycles. The normalized spacial score (nSPS) is 18.9. The monoisotopic (exact) mass is 333 g/mol. The van der Waals surface area contributed by atoms with E-state index in [4.69, 9.17) is 12.2 Å². The van der Waals surface area contributed by atoms with Crippen LogP contribution in [0.15, 0.2) is 20.8 Å². The Balaban J connectivity index is 2.27. The number of hydrogen-bond acceptors (Lipinski definition) is 4. The lowest BCUT2D eigenvalue weighted by atomic mass is 10.4. The minimum atomic E-state index is 0.0158. The van der Waals surface area contributed by atoms with Crippen molar-refractivity contribution in [3.63, 3.8) is 0 Å². The van der Waals surface area contributed by atoms with Gasteiger partial charge >= 0.3 is 0 Å². The van der Waals surface area contributed by atoms with Crippen LogP contribution in [0.5, 0.6) is 0 Å². The fraction of sp³-hybridized carbons (Fsp3) is 0.200. The minimum absolute atomic E-state index is 0.0158. The van der Waals surface area contributed by atoms with Crippen LogP contribution in [0, 0.1) is 0 Å². The molecule has 6 heteroatoms. The number of thiocarbonyl (C=S) groups is 1. The lowest BCUT2D eigenvalue weighted by Crippen LogP contribution is -2.27. The standard InChI is InChI=1S/C10H8BrNOS3/c1-2-12-9(13)7(16-10(12)14)5-6-3-4-8(11)15-6/h3-5H,2H2,1H3. The van der Waals surface area contributed by atoms with E-state index in [0.717, 1.165) is 8.66 Å². The fourth-order valence-corrected chi connectivity index (χ4v) is 4.12. The molecule has 1 aromatic heterocycles. The van der Waals surface area contributed by atoms with E-state index in [0.29, 0.717) is 15.8 Å². The molecule has 1 saturated heterocycles. The van der Waals surface area contributed by atoms with E-state index in [2.05, 4.69) is 15.9 Å². The van der Waals surface area contributed by atoms with Crippen LogP contribution in [0.3, 0.4) is 0 Å². The molecule has 84 valence electrons. The Morgan fingerprint density at radius 3 is 2.81 bits per heavy atom. The van der Waals surface area contributed by atoms with Gasteiger partial charge < -0.3 is 0 Å². The summed E-state index contributed by atoms with van der Waals surface area (Å²) in [6, 6.07) is 3.95. The summed E-state index contributed by atoms with van der Waals surface area (Å²) in [5.74, 6) is 0.0158. The maximum Gasteiger partial charge on any atom is 0.266 e. The molecule has 16 heavy (non-hydrogen) atoms. The molecule has 0 unspecified atom stereocenters. The Morgan fingerprint density at radius 2 is 2.31 bits per heavy atom. The van der Waals surface area contributed by atoms with Gasteiger partial charge in [0.1, 0.15) is 4.32 Å². The number of carbonyl (C=O) groups excluding carboxylic acids is 1. The second-order valence-electron chi connectivity index (χ2n) is 3.07. The van der Waals surface area contributed by atoms with Crippen LogP contribution in [0.4, 0.5) is 0 Å². The molecule has 0 aliphatic carbocycles. The Labute approximate surface area is 116 Å². The highest BCUT2D eigenvalue weighted by Gasteiger charge is 2.30. The zero-order valence-electron chi connectivity index (χ0n) is 8.40. The first-order chi connectivity index (χ1) is 7.61. The van der Waals surface area contributed by atoms with E-state index >= 15 is 0 Å². The number of amides is 1. The highest BCUT2D eigenvalue weighted by molar-refractivity contribution is 9.11. The molecule has 2 nitrogen and oxygen atoms in total. The molecule has 0 atom stereocenters. The molecule has 2 heterocycles. The highest BCUT2D eigenvalue weighted by Crippen LogP contribution is 2.34. The van der Waals surface area contributed by atoms with Crippen LogP contribution < -0.4 is 0 Å². The first-order valence-corrected chi connectivity index (χ1v) is 7.46. The first kappa shape index (κ1) is 12.3. The quantitative estimate of drug-likeness (QED) is 0.607. The van der Waals surface area contributed by atoms with Crippen molar-refractivity contribution in [3.8, 4) is 0 Å². The number of halogens is 1. The van der Waals surface area contributed by atoms with Gasteiger partial charge in [0.25, 0.3) is 5.91 Å². The molecule has 0 bridgehead atoms. The predicted octanol–water partition coefficient (Wildman–Crippen LogP) is 3.73. The molecular weight excluding hydrogens is 326 g/mol. The lowest BCUT2D eigenvalue weighted by Gasteiger charge is -2.09. The summed E-state index contributed by atoms with van der Waals surface area (Å²) in [6.07, 6.45) is 1.89. The van der Waals surface area contributed by atoms with Gasteiger partial charge in [-0.05, 0) is 41.1 Å². The number of hydrogen-bond donors (Lipinski definition) is 0. The molecule has 1 aliphatic rings. The van der Waals surface area contributed by atoms with E-state index in [-0.39, 0.29) is 5.91 Å². The summed E-state index contributed by atoms with van der Waals surface area (Å²) in [7, 11) is 0. The summed E-state index contributed by atoms with van der Waals surface area (Å²) in [5, 5.41) is 0. The minimum Gasteiger partial charge on any atom is -0.293 e. The van der Waals surface area contributed by atoms with Gasteiger partial charge in [-0.15, -0.1) is 11.3 Å². The number of carbonyl (C=O) groups is 1. The highest BCUT2D eigenvalue weighted by atomic mass is 79.9. The molecule has 0 aromatic carbocycles. The van der Waals surface area contributed by atoms with Crippen LogP contribution in [-0.4, -0.2) is 21.7 Å². The zero-order valence-corrected chi connectivity index (χ0v) is 12.4. The first-order valence-electron chi connectivity index (χ1n) is 4.62. The number of rotatable bonds is 2. The van der Waals surface area contributed by atoms with Gasteiger partial charge in [-0.3, -0.25) is 9.69 Å². The molecule has 2 rings (SSSR count). The molecule has 0 spiro atoms. The third-order valence-corrected chi connectivity index (χ3v) is 5.01. The average molecular weight is 334 g/mol. The Morgan fingerprint density at radius 1 is 1.56 bits per heavy atom.